The van der Waals surface area contributed by atoms with Gasteiger partial charge in [0.15, 0.2) is 0 Å². The van der Waals surface area contributed by atoms with Crippen molar-refractivity contribution >= 4 is 28.7 Å². The molecule has 1 amide bonds. The van der Waals surface area contributed by atoms with Gasteiger partial charge in [0, 0.05) is 12.7 Å². The lowest BCUT2D eigenvalue weighted by Gasteiger charge is -2.19. The van der Waals surface area contributed by atoms with Crippen LogP contribution in [0.15, 0.2) is 12.3 Å². The van der Waals surface area contributed by atoms with Crippen molar-refractivity contribution in [1.82, 2.24) is 10.3 Å². The van der Waals surface area contributed by atoms with Gasteiger partial charge in [0.05, 0.1) is 0 Å². The predicted molar refractivity (Wildman–Crippen MR) is 74.8 cm³/mol. The number of ether oxygens (including phenoxy) is 1. The van der Waals surface area contributed by atoms with Crippen LogP contribution in [-0.4, -0.2) is 16.7 Å². The van der Waals surface area contributed by atoms with E-state index in [4.69, 9.17) is 4.74 Å². The molecule has 1 aromatic rings. The first-order valence-corrected chi connectivity index (χ1v) is 6.44. The van der Waals surface area contributed by atoms with Crippen LogP contribution < -0.4 is 5.32 Å². The smallest absolute Gasteiger partial charge is 0.407 e. The van der Waals surface area contributed by atoms with Crippen LogP contribution in [0.3, 0.4) is 0 Å². The normalized spacial score (nSPS) is 11.1. The number of carbonyl (C=O) groups is 1. The molecule has 0 radical (unpaired) electrons. The number of halogens is 1. The number of rotatable bonds is 2. The molecule has 0 aromatic carbocycles. The van der Waals surface area contributed by atoms with Crippen LogP contribution in [0.25, 0.3) is 0 Å². The summed E-state index contributed by atoms with van der Waals surface area (Å²) in [6, 6.07) is 1.98. The molecule has 0 fully saturated rings. The Labute approximate surface area is 115 Å². The van der Waals surface area contributed by atoms with Crippen LogP contribution in [0.4, 0.5) is 4.79 Å². The lowest BCUT2D eigenvalue weighted by Crippen LogP contribution is -2.32. The Kier molecular flexibility index (Phi) is 4.73. The molecule has 0 saturated heterocycles. The predicted octanol–water partition coefficient (Wildman–Crippen LogP) is 3.02. The third kappa shape index (κ3) is 5.34. The van der Waals surface area contributed by atoms with Gasteiger partial charge >= 0.3 is 6.09 Å². The van der Waals surface area contributed by atoms with Crippen molar-refractivity contribution in [2.75, 3.05) is 0 Å². The average Bonchev–Trinajstić information content (AvgIpc) is 2.13. The zero-order valence-corrected chi connectivity index (χ0v) is 12.7. The molecule has 5 heteroatoms. The molecule has 4 nitrogen and oxygen atoms in total. The van der Waals surface area contributed by atoms with Crippen LogP contribution in [0.2, 0.25) is 0 Å². The molecule has 0 bridgehead atoms. The highest BCUT2D eigenvalue weighted by Gasteiger charge is 2.15. The molecule has 1 rings (SSSR count). The highest BCUT2D eigenvalue weighted by atomic mass is 127. The van der Waals surface area contributed by atoms with Gasteiger partial charge in [0.1, 0.15) is 9.30 Å². The van der Waals surface area contributed by atoms with Gasteiger partial charge in [-0.25, -0.2) is 9.78 Å². The van der Waals surface area contributed by atoms with Gasteiger partial charge in [0.2, 0.25) is 0 Å². The van der Waals surface area contributed by atoms with Crippen LogP contribution in [0.1, 0.15) is 31.9 Å². The summed E-state index contributed by atoms with van der Waals surface area (Å²) in [4.78, 5) is 15.6. The van der Waals surface area contributed by atoms with E-state index in [0.717, 1.165) is 14.8 Å². The monoisotopic (exact) mass is 348 g/mol. The van der Waals surface area contributed by atoms with Gasteiger partial charge in [-0.05, 0) is 67.5 Å². The maximum absolute atomic E-state index is 11.5. The Hall–Kier alpha value is -0.850. The number of aryl methyl sites for hydroxylation is 1. The third-order valence-electron chi connectivity index (χ3n) is 2.01. The van der Waals surface area contributed by atoms with Gasteiger partial charge in [-0.15, -0.1) is 0 Å². The second-order valence-corrected chi connectivity index (χ2v) is 5.89. The fraction of sp³-hybridized carbons (Fsp3) is 0.500. The van der Waals surface area contributed by atoms with E-state index in [2.05, 4.69) is 32.9 Å². The number of hydrogen-bond donors (Lipinski definition) is 1. The van der Waals surface area contributed by atoms with Crippen molar-refractivity contribution in [1.29, 1.82) is 0 Å². The average molecular weight is 348 g/mol. The van der Waals surface area contributed by atoms with Crippen LogP contribution in [0.5, 0.6) is 0 Å². The fourth-order valence-corrected chi connectivity index (χ4v) is 1.82. The summed E-state index contributed by atoms with van der Waals surface area (Å²) < 4.78 is 6.10. The molecule has 0 aliphatic rings. The van der Waals surface area contributed by atoms with Crippen LogP contribution >= 0.6 is 22.6 Å². The lowest BCUT2D eigenvalue weighted by molar-refractivity contribution is 0.0523. The van der Waals surface area contributed by atoms with E-state index in [1.54, 1.807) is 6.20 Å². The third-order valence-corrected chi connectivity index (χ3v) is 2.60. The molecule has 0 atom stereocenters. The first-order valence-electron chi connectivity index (χ1n) is 5.36. The van der Waals surface area contributed by atoms with Gasteiger partial charge < -0.3 is 10.1 Å². The number of pyridine rings is 1. The molecule has 94 valence electrons. The van der Waals surface area contributed by atoms with Gasteiger partial charge in [-0.2, -0.15) is 0 Å². The maximum atomic E-state index is 11.5. The Morgan fingerprint density at radius 3 is 2.71 bits per heavy atom. The lowest BCUT2D eigenvalue weighted by atomic mass is 10.1. The molecule has 0 saturated carbocycles. The van der Waals surface area contributed by atoms with Gasteiger partial charge in [-0.3, -0.25) is 0 Å². The summed E-state index contributed by atoms with van der Waals surface area (Å²) >= 11 is 2.16. The number of alkyl carbamates (subject to hydrolysis) is 1. The summed E-state index contributed by atoms with van der Waals surface area (Å²) in [6.07, 6.45) is 1.37. The van der Waals surface area contributed by atoms with Crippen LogP contribution in [-0.2, 0) is 11.3 Å². The van der Waals surface area contributed by atoms with Crippen molar-refractivity contribution < 1.29 is 9.53 Å². The molecule has 17 heavy (non-hydrogen) atoms. The van der Waals surface area contributed by atoms with E-state index in [1.165, 1.54) is 0 Å². The van der Waals surface area contributed by atoms with Crippen molar-refractivity contribution in [2.45, 2.75) is 39.8 Å². The summed E-state index contributed by atoms with van der Waals surface area (Å²) in [5, 5.41) is 2.71. The Balaban J connectivity index is 2.53. The van der Waals surface area contributed by atoms with E-state index in [0.29, 0.717) is 6.54 Å². The Morgan fingerprint density at radius 1 is 1.53 bits per heavy atom. The number of carbonyl (C=O) groups excluding carboxylic acids is 1. The summed E-state index contributed by atoms with van der Waals surface area (Å²) in [6.45, 7) is 7.94. The molecule has 0 unspecified atom stereocenters. The minimum Gasteiger partial charge on any atom is -0.444 e. The summed E-state index contributed by atoms with van der Waals surface area (Å²) in [5.41, 5.74) is 1.64. The number of hydrogen-bond acceptors (Lipinski definition) is 3. The molecule has 1 heterocycles. The zero-order valence-electron chi connectivity index (χ0n) is 10.5. The van der Waals surface area contributed by atoms with Crippen LogP contribution in [0, 0.1) is 10.6 Å². The SMILES string of the molecule is Cc1cc(I)ncc1CNC(=O)OC(C)(C)C. The summed E-state index contributed by atoms with van der Waals surface area (Å²) in [7, 11) is 0. The van der Waals surface area contributed by atoms with E-state index < -0.39 is 11.7 Å². The molecule has 0 spiro atoms. The molecule has 0 aliphatic heterocycles. The second-order valence-electron chi connectivity index (χ2n) is 4.79. The summed E-state index contributed by atoms with van der Waals surface area (Å²) in [5.74, 6) is 0. The highest BCUT2D eigenvalue weighted by Crippen LogP contribution is 2.10. The standard InChI is InChI=1S/C12H17IN2O2/c1-8-5-10(13)14-6-9(8)7-15-11(16)17-12(2,3)4/h5-6H,7H2,1-4H3,(H,15,16). The van der Waals surface area contributed by atoms with Gasteiger partial charge in [0.25, 0.3) is 0 Å². The number of nitrogens with zero attached hydrogens (tertiary/aromatic N) is 1. The molecular weight excluding hydrogens is 331 g/mol. The Bertz CT molecular complexity index is 413. The van der Waals surface area contributed by atoms with Crippen molar-refractivity contribution in [3.63, 3.8) is 0 Å². The molecule has 0 aliphatic carbocycles. The van der Waals surface area contributed by atoms with E-state index in [1.807, 2.05) is 33.8 Å². The minimum atomic E-state index is -0.469. The first-order chi connectivity index (χ1) is 7.78. The molecule has 1 aromatic heterocycles. The zero-order chi connectivity index (χ0) is 13.1. The largest absolute Gasteiger partial charge is 0.444 e. The fourth-order valence-electron chi connectivity index (χ4n) is 1.22. The number of amides is 1. The first kappa shape index (κ1) is 14.2. The van der Waals surface area contributed by atoms with Crippen molar-refractivity contribution in [3.05, 3.63) is 27.1 Å². The van der Waals surface area contributed by atoms with Gasteiger partial charge in [-0.1, -0.05) is 0 Å². The van der Waals surface area contributed by atoms with E-state index >= 15 is 0 Å². The minimum absolute atomic E-state index is 0.407. The number of nitrogens with one attached hydrogen (secondary N) is 1. The van der Waals surface area contributed by atoms with E-state index in [-0.39, 0.29) is 0 Å². The van der Waals surface area contributed by atoms with E-state index in [9.17, 15) is 4.79 Å². The van der Waals surface area contributed by atoms with Crippen molar-refractivity contribution in [3.8, 4) is 0 Å². The topological polar surface area (TPSA) is 51.2 Å². The second kappa shape index (κ2) is 5.66. The van der Waals surface area contributed by atoms with Crippen molar-refractivity contribution in [2.24, 2.45) is 0 Å². The number of aromatic nitrogens is 1. The Morgan fingerprint density at radius 2 is 2.18 bits per heavy atom. The highest BCUT2D eigenvalue weighted by molar-refractivity contribution is 14.1. The molecular formula is C12H17IN2O2. The quantitative estimate of drug-likeness (QED) is 0.660. The maximum Gasteiger partial charge on any atom is 0.407 e. The molecule has 1 N–H and O–H groups in total.